The van der Waals surface area contributed by atoms with Gasteiger partial charge in [-0.2, -0.15) is 18.3 Å². The van der Waals surface area contributed by atoms with Crippen LogP contribution in [0.4, 0.5) is 30.7 Å². The number of halogens is 7. The SMILES string of the molecule is O[C@H]1c2c(C(F)(F)F)nn([C@H]3CCCC(F)(F)C3)c2[C@@H](F)[C@H]1F. The summed E-state index contributed by atoms with van der Waals surface area (Å²) in [5.41, 5.74) is -3.37. The Labute approximate surface area is 126 Å². The van der Waals surface area contributed by atoms with Crippen molar-refractivity contribution in [2.75, 3.05) is 0 Å². The fourth-order valence-electron chi connectivity index (χ4n) is 3.34. The minimum atomic E-state index is -5.04. The number of fused-ring (bicyclic) bond motifs is 1. The lowest BCUT2D eigenvalue weighted by Crippen LogP contribution is -2.30. The van der Waals surface area contributed by atoms with Crippen LogP contribution in [-0.4, -0.2) is 27.0 Å². The van der Waals surface area contributed by atoms with Gasteiger partial charge in [-0.1, -0.05) is 0 Å². The number of rotatable bonds is 1. The van der Waals surface area contributed by atoms with Crippen LogP contribution in [0, 0.1) is 0 Å². The molecule has 0 unspecified atom stereocenters. The monoisotopic (exact) mass is 346 g/mol. The van der Waals surface area contributed by atoms with Gasteiger partial charge in [0.05, 0.1) is 11.7 Å². The lowest BCUT2D eigenvalue weighted by molar-refractivity contribution is -0.143. The maximum Gasteiger partial charge on any atom is 0.435 e. The van der Waals surface area contributed by atoms with Crippen LogP contribution in [0.3, 0.4) is 0 Å². The van der Waals surface area contributed by atoms with E-state index < -0.39 is 66.4 Å². The van der Waals surface area contributed by atoms with Crippen LogP contribution in [0.5, 0.6) is 0 Å². The number of hydrogen-bond acceptors (Lipinski definition) is 2. The first kappa shape index (κ1) is 16.5. The van der Waals surface area contributed by atoms with E-state index in [2.05, 4.69) is 5.10 Å². The average molecular weight is 346 g/mol. The summed E-state index contributed by atoms with van der Waals surface area (Å²) in [7, 11) is 0. The zero-order chi connectivity index (χ0) is 17.2. The molecule has 0 aliphatic heterocycles. The van der Waals surface area contributed by atoms with E-state index in [1.165, 1.54) is 0 Å². The normalized spacial score (nSPS) is 33.7. The van der Waals surface area contributed by atoms with Crippen molar-refractivity contribution in [1.82, 2.24) is 9.78 Å². The molecular formula is C13H13F7N2O. The minimum Gasteiger partial charge on any atom is -0.385 e. The van der Waals surface area contributed by atoms with Crippen molar-refractivity contribution in [2.45, 2.75) is 62.3 Å². The molecule has 0 spiro atoms. The van der Waals surface area contributed by atoms with Gasteiger partial charge in [-0.15, -0.1) is 0 Å². The number of alkyl halides is 7. The molecule has 0 aromatic carbocycles. The Morgan fingerprint density at radius 3 is 2.43 bits per heavy atom. The van der Waals surface area contributed by atoms with E-state index in [-0.39, 0.29) is 12.8 Å². The summed E-state index contributed by atoms with van der Waals surface area (Å²) in [6, 6.07) is -1.17. The number of aliphatic hydroxyl groups is 1. The van der Waals surface area contributed by atoms with Gasteiger partial charge in [0, 0.05) is 18.4 Å². The summed E-state index contributed by atoms with van der Waals surface area (Å²) in [6.07, 6.45) is -13.5. The van der Waals surface area contributed by atoms with Crippen molar-refractivity contribution in [2.24, 2.45) is 0 Å². The Morgan fingerprint density at radius 2 is 1.87 bits per heavy atom. The molecular weight excluding hydrogens is 333 g/mol. The molecule has 1 aromatic rings. The second kappa shape index (κ2) is 5.09. The van der Waals surface area contributed by atoms with Gasteiger partial charge in [0.15, 0.2) is 18.0 Å². The van der Waals surface area contributed by atoms with Gasteiger partial charge in [0.25, 0.3) is 0 Å². The maximum atomic E-state index is 14.0. The molecule has 130 valence electrons. The van der Waals surface area contributed by atoms with Gasteiger partial charge in [-0.25, -0.2) is 17.6 Å². The highest BCUT2D eigenvalue weighted by Gasteiger charge is 2.53. The Hall–Kier alpha value is -1.32. The first-order chi connectivity index (χ1) is 10.5. The summed E-state index contributed by atoms with van der Waals surface area (Å²) in [6.45, 7) is 0. The maximum absolute atomic E-state index is 14.0. The molecule has 3 rings (SSSR count). The Balaban J connectivity index is 2.11. The van der Waals surface area contributed by atoms with Crippen LogP contribution < -0.4 is 0 Å². The van der Waals surface area contributed by atoms with Gasteiger partial charge in [0.2, 0.25) is 5.92 Å². The Morgan fingerprint density at radius 1 is 1.22 bits per heavy atom. The molecule has 1 N–H and O–H groups in total. The van der Waals surface area contributed by atoms with E-state index in [9.17, 15) is 35.8 Å². The quantitative estimate of drug-likeness (QED) is 0.779. The van der Waals surface area contributed by atoms with E-state index >= 15 is 0 Å². The molecule has 1 heterocycles. The molecule has 0 saturated heterocycles. The Kier molecular flexibility index (Phi) is 3.66. The van der Waals surface area contributed by atoms with Crippen molar-refractivity contribution in [3.8, 4) is 0 Å². The molecule has 1 saturated carbocycles. The zero-order valence-corrected chi connectivity index (χ0v) is 11.6. The van der Waals surface area contributed by atoms with Crippen molar-refractivity contribution in [3.05, 3.63) is 17.0 Å². The van der Waals surface area contributed by atoms with Crippen LogP contribution in [-0.2, 0) is 6.18 Å². The lowest BCUT2D eigenvalue weighted by Gasteiger charge is -2.30. The first-order valence-electron chi connectivity index (χ1n) is 7.06. The predicted octanol–water partition coefficient (Wildman–Crippen LogP) is 4.05. The molecule has 23 heavy (non-hydrogen) atoms. The number of nitrogens with zero attached hydrogens (tertiary/aromatic N) is 2. The molecule has 0 radical (unpaired) electrons. The van der Waals surface area contributed by atoms with Crippen LogP contribution in [0.15, 0.2) is 0 Å². The lowest BCUT2D eigenvalue weighted by atomic mass is 9.92. The van der Waals surface area contributed by atoms with Gasteiger partial charge < -0.3 is 5.11 Å². The fraction of sp³-hybridized carbons (Fsp3) is 0.769. The van der Waals surface area contributed by atoms with Gasteiger partial charge in [-0.3, -0.25) is 4.68 Å². The van der Waals surface area contributed by atoms with E-state index in [1.807, 2.05) is 0 Å². The van der Waals surface area contributed by atoms with Crippen molar-refractivity contribution in [1.29, 1.82) is 0 Å². The van der Waals surface area contributed by atoms with Gasteiger partial charge >= 0.3 is 6.18 Å². The summed E-state index contributed by atoms with van der Waals surface area (Å²) in [5, 5.41) is 12.8. The Bertz CT molecular complexity index is 612. The third-order valence-corrected chi connectivity index (χ3v) is 4.35. The number of aromatic nitrogens is 2. The van der Waals surface area contributed by atoms with Gasteiger partial charge in [0.1, 0.15) is 6.10 Å². The molecule has 0 bridgehead atoms. The van der Waals surface area contributed by atoms with Crippen molar-refractivity contribution >= 4 is 0 Å². The highest BCUT2D eigenvalue weighted by Crippen LogP contribution is 2.51. The molecule has 0 amide bonds. The molecule has 10 heteroatoms. The summed E-state index contributed by atoms with van der Waals surface area (Å²) < 4.78 is 94.2. The third kappa shape index (κ3) is 2.60. The topological polar surface area (TPSA) is 38.1 Å². The minimum absolute atomic E-state index is 0.0339. The molecule has 4 atom stereocenters. The van der Waals surface area contributed by atoms with E-state index in [4.69, 9.17) is 0 Å². The standard InChI is InChI=1S/C13H13F7N2O/c14-7-8(15)10(23)6-9(7)22(21-11(6)13(18,19)20)5-2-1-3-12(16,17)4-5/h5,7-8,10,23H,1-4H2/t5-,7-,8+,10-/m0/s1. The van der Waals surface area contributed by atoms with Crippen LogP contribution in [0.25, 0.3) is 0 Å². The highest BCUT2D eigenvalue weighted by atomic mass is 19.4. The molecule has 1 aromatic heterocycles. The third-order valence-electron chi connectivity index (χ3n) is 4.35. The highest BCUT2D eigenvalue weighted by molar-refractivity contribution is 5.39. The zero-order valence-electron chi connectivity index (χ0n) is 11.6. The molecule has 2 aliphatic rings. The van der Waals surface area contributed by atoms with Crippen LogP contribution >= 0.6 is 0 Å². The van der Waals surface area contributed by atoms with E-state index in [0.29, 0.717) is 4.68 Å². The van der Waals surface area contributed by atoms with E-state index in [1.54, 1.807) is 0 Å². The largest absolute Gasteiger partial charge is 0.435 e. The molecule has 1 fully saturated rings. The summed E-state index contributed by atoms with van der Waals surface area (Å²) in [5.74, 6) is -3.10. The van der Waals surface area contributed by atoms with Crippen molar-refractivity contribution in [3.63, 3.8) is 0 Å². The number of hydrogen-bond donors (Lipinski definition) is 1. The summed E-state index contributed by atoms with van der Waals surface area (Å²) in [4.78, 5) is 0. The van der Waals surface area contributed by atoms with Crippen LogP contribution in [0.1, 0.15) is 61.0 Å². The first-order valence-corrected chi connectivity index (χ1v) is 7.06. The van der Waals surface area contributed by atoms with Crippen molar-refractivity contribution < 1.29 is 35.8 Å². The molecule has 2 aliphatic carbocycles. The second-order valence-corrected chi connectivity index (χ2v) is 5.99. The van der Waals surface area contributed by atoms with Gasteiger partial charge in [-0.05, 0) is 12.8 Å². The molecule has 3 nitrogen and oxygen atoms in total. The van der Waals surface area contributed by atoms with E-state index in [0.717, 1.165) is 0 Å². The predicted molar refractivity (Wildman–Crippen MR) is 63.4 cm³/mol. The average Bonchev–Trinajstić information content (AvgIpc) is 2.92. The fourth-order valence-corrected chi connectivity index (χ4v) is 3.34. The smallest absolute Gasteiger partial charge is 0.385 e. The second-order valence-electron chi connectivity index (χ2n) is 5.99. The number of aliphatic hydroxyl groups excluding tert-OH is 1. The summed E-state index contributed by atoms with van der Waals surface area (Å²) >= 11 is 0. The van der Waals surface area contributed by atoms with Crippen LogP contribution in [0.2, 0.25) is 0 Å².